The number of rotatable bonds is 3. The molecule has 1 atom stereocenters. The summed E-state index contributed by atoms with van der Waals surface area (Å²) < 4.78 is 1.10. The lowest BCUT2D eigenvalue weighted by atomic mass is 10.1. The van der Waals surface area contributed by atoms with Crippen molar-refractivity contribution >= 4 is 28.4 Å². The second kappa shape index (κ2) is 5.07. The van der Waals surface area contributed by atoms with E-state index in [0.717, 1.165) is 35.3 Å². The normalized spacial score (nSPS) is 20.9. The average Bonchev–Trinajstić information content (AvgIpc) is 2.68. The van der Waals surface area contributed by atoms with Crippen LogP contribution < -0.4 is 4.90 Å². The largest absolute Gasteiger partial charge is 0.396 e. The van der Waals surface area contributed by atoms with Crippen molar-refractivity contribution in [2.75, 3.05) is 24.6 Å². The van der Waals surface area contributed by atoms with Gasteiger partial charge in [0.05, 0.1) is 3.57 Å². The Hall–Kier alpha value is -0.430. The van der Waals surface area contributed by atoms with E-state index in [4.69, 9.17) is 5.11 Å². The fourth-order valence-corrected chi connectivity index (χ4v) is 2.62. The zero-order chi connectivity index (χ0) is 10.7. The minimum atomic E-state index is 0.291. The van der Waals surface area contributed by atoms with Gasteiger partial charge >= 0.3 is 0 Å². The Labute approximate surface area is 103 Å². The lowest BCUT2D eigenvalue weighted by Crippen LogP contribution is -2.22. The molecule has 15 heavy (non-hydrogen) atoms. The van der Waals surface area contributed by atoms with Crippen LogP contribution in [0.15, 0.2) is 12.5 Å². The number of aromatic nitrogens is 2. The maximum atomic E-state index is 8.89. The van der Waals surface area contributed by atoms with E-state index in [2.05, 4.69) is 37.5 Å². The van der Waals surface area contributed by atoms with Crippen molar-refractivity contribution in [1.82, 2.24) is 9.97 Å². The fourth-order valence-electron chi connectivity index (χ4n) is 1.98. The lowest BCUT2D eigenvalue weighted by molar-refractivity contribution is 0.263. The summed E-state index contributed by atoms with van der Waals surface area (Å²) in [5, 5.41) is 8.89. The molecule has 0 aliphatic carbocycles. The molecule has 1 unspecified atom stereocenters. The highest BCUT2D eigenvalue weighted by atomic mass is 127. The van der Waals surface area contributed by atoms with Gasteiger partial charge in [0.25, 0.3) is 0 Å². The van der Waals surface area contributed by atoms with Gasteiger partial charge in [0.2, 0.25) is 0 Å². The molecule has 2 heterocycles. The van der Waals surface area contributed by atoms with Crippen LogP contribution in [0, 0.1) is 9.49 Å². The summed E-state index contributed by atoms with van der Waals surface area (Å²) in [5.41, 5.74) is 0. The molecule has 0 radical (unpaired) electrons. The molecule has 0 aromatic carbocycles. The van der Waals surface area contributed by atoms with Crippen LogP contribution in [0.2, 0.25) is 0 Å². The van der Waals surface area contributed by atoms with Crippen molar-refractivity contribution in [2.24, 2.45) is 5.92 Å². The third kappa shape index (κ3) is 2.57. The highest BCUT2D eigenvalue weighted by molar-refractivity contribution is 14.1. The molecule has 0 bridgehead atoms. The molecule has 5 heteroatoms. The van der Waals surface area contributed by atoms with Gasteiger partial charge < -0.3 is 10.0 Å². The molecule has 1 aliphatic heterocycles. The van der Waals surface area contributed by atoms with E-state index >= 15 is 0 Å². The quantitative estimate of drug-likeness (QED) is 0.853. The van der Waals surface area contributed by atoms with Gasteiger partial charge in [-0.1, -0.05) is 0 Å². The zero-order valence-electron chi connectivity index (χ0n) is 8.43. The van der Waals surface area contributed by atoms with Crippen LogP contribution in [-0.4, -0.2) is 34.8 Å². The van der Waals surface area contributed by atoms with Crippen molar-refractivity contribution in [3.63, 3.8) is 0 Å². The average molecular weight is 319 g/mol. The number of hydrogen-bond acceptors (Lipinski definition) is 4. The van der Waals surface area contributed by atoms with Gasteiger partial charge in [0.15, 0.2) is 0 Å². The summed E-state index contributed by atoms with van der Waals surface area (Å²) in [6.07, 6.45) is 5.48. The molecular formula is C10H14IN3O. The third-order valence-electron chi connectivity index (χ3n) is 2.77. The van der Waals surface area contributed by atoms with Crippen molar-refractivity contribution in [1.29, 1.82) is 0 Å². The molecule has 1 fully saturated rings. The van der Waals surface area contributed by atoms with E-state index in [1.165, 1.54) is 0 Å². The Bertz CT molecular complexity index is 334. The molecule has 1 aromatic rings. The van der Waals surface area contributed by atoms with Crippen LogP contribution in [0.5, 0.6) is 0 Å². The van der Waals surface area contributed by atoms with Crippen LogP contribution in [0.25, 0.3) is 0 Å². The summed E-state index contributed by atoms with van der Waals surface area (Å²) >= 11 is 2.26. The first-order valence-corrected chi connectivity index (χ1v) is 6.20. The van der Waals surface area contributed by atoms with Gasteiger partial charge in [0.1, 0.15) is 12.1 Å². The maximum absolute atomic E-state index is 8.89. The van der Waals surface area contributed by atoms with E-state index in [1.807, 2.05) is 6.20 Å². The Kier molecular flexibility index (Phi) is 3.74. The third-order valence-corrected chi connectivity index (χ3v) is 3.53. The first-order chi connectivity index (χ1) is 7.31. The van der Waals surface area contributed by atoms with Gasteiger partial charge in [-0.15, -0.1) is 0 Å². The standard InChI is InChI=1S/C10H14IN3O/c11-9-5-12-7-13-10(9)14-3-1-8(6-14)2-4-15/h5,7-8,15H,1-4,6H2. The van der Waals surface area contributed by atoms with Crippen molar-refractivity contribution in [3.8, 4) is 0 Å². The van der Waals surface area contributed by atoms with Crippen molar-refractivity contribution < 1.29 is 5.11 Å². The molecular weight excluding hydrogens is 305 g/mol. The van der Waals surface area contributed by atoms with Crippen LogP contribution in [0.3, 0.4) is 0 Å². The molecule has 0 spiro atoms. The van der Waals surface area contributed by atoms with Crippen molar-refractivity contribution in [2.45, 2.75) is 12.8 Å². The Morgan fingerprint density at radius 2 is 2.47 bits per heavy atom. The minimum absolute atomic E-state index is 0.291. The predicted molar refractivity (Wildman–Crippen MR) is 66.8 cm³/mol. The van der Waals surface area contributed by atoms with Gasteiger partial charge in [-0.3, -0.25) is 0 Å². The smallest absolute Gasteiger partial charge is 0.145 e. The van der Waals surface area contributed by atoms with E-state index in [9.17, 15) is 0 Å². The molecule has 1 saturated heterocycles. The topological polar surface area (TPSA) is 49.2 Å². The Balaban J connectivity index is 2.04. The SMILES string of the molecule is OCCC1CCN(c2ncncc2I)C1. The molecule has 1 aliphatic rings. The molecule has 1 aromatic heterocycles. The first kappa shape index (κ1) is 11.1. The number of anilines is 1. The summed E-state index contributed by atoms with van der Waals surface area (Å²) in [5.74, 6) is 1.65. The fraction of sp³-hybridized carbons (Fsp3) is 0.600. The zero-order valence-corrected chi connectivity index (χ0v) is 10.6. The summed E-state index contributed by atoms with van der Waals surface area (Å²) in [7, 11) is 0. The number of nitrogens with zero attached hydrogens (tertiary/aromatic N) is 3. The van der Waals surface area contributed by atoms with Crippen molar-refractivity contribution in [3.05, 3.63) is 16.1 Å². The summed E-state index contributed by atoms with van der Waals surface area (Å²) in [6.45, 7) is 2.34. The number of aliphatic hydroxyl groups is 1. The Morgan fingerprint density at radius 3 is 3.20 bits per heavy atom. The van der Waals surface area contributed by atoms with Crippen LogP contribution in [-0.2, 0) is 0 Å². The molecule has 2 rings (SSSR count). The molecule has 4 nitrogen and oxygen atoms in total. The second-order valence-corrected chi connectivity index (χ2v) is 4.97. The number of halogens is 1. The summed E-state index contributed by atoms with van der Waals surface area (Å²) in [6, 6.07) is 0. The number of aliphatic hydroxyl groups excluding tert-OH is 1. The van der Waals surface area contributed by atoms with E-state index < -0.39 is 0 Å². The molecule has 82 valence electrons. The monoisotopic (exact) mass is 319 g/mol. The highest BCUT2D eigenvalue weighted by Crippen LogP contribution is 2.26. The minimum Gasteiger partial charge on any atom is -0.396 e. The highest BCUT2D eigenvalue weighted by Gasteiger charge is 2.24. The van der Waals surface area contributed by atoms with E-state index in [0.29, 0.717) is 12.5 Å². The van der Waals surface area contributed by atoms with E-state index in [1.54, 1.807) is 6.33 Å². The van der Waals surface area contributed by atoms with Crippen LogP contribution >= 0.6 is 22.6 Å². The first-order valence-electron chi connectivity index (χ1n) is 5.12. The molecule has 0 saturated carbocycles. The van der Waals surface area contributed by atoms with Gasteiger partial charge in [0, 0.05) is 25.9 Å². The van der Waals surface area contributed by atoms with Gasteiger partial charge in [-0.25, -0.2) is 9.97 Å². The van der Waals surface area contributed by atoms with Gasteiger partial charge in [-0.2, -0.15) is 0 Å². The molecule has 1 N–H and O–H groups in total. The second-order valence-electron chi connectivity index (χ2n) is 3.81. The van der Waals surface area contributed by atoms with Gasteiger partial charge in [-0.05, 0) is 41.4 Å². The number of hydrogen-bond donors (Lipinski definition) is 1. The van der Waals surface area contributed by atoms with Crippen LogP contribution in [0.1, 0.15) is 12.8 Å². The molecule has 0 amide bonds. The summed E-state index contributed by atoms with van der Waals surface area (Å²) in [4.78, 5) is 10.6. The maximum Gasteiger partial charge on any atom is 0.145 e. The van der Waals surface area contributed by atoms with E-state index in [-0.39, 0.29) is 0 Å². The Morgan fingerprint density at radius 1 is 1.60 bits per heavy atom. The predicted octanol–water partition coefficient (Wildman–Crippen LogP) is 1.29. The van der Waals surface area contributed by atoms with Crippen LogP contribution in [0.4, 0.5) is 5.82 Å². The lowest BCUT2D eigenvalue weighted by Gasteiger charge is -2.18.